The van der Waals surface area contributed by atoms with Crippen molar-refractivity contribution in [2.24, 2.45) is 5.41 Å². The predicted molar refractivity (Wildman–Crippen MR) is 195 cm³/mol. The quantitative estimate of drug-likeness (QED) is 0.195. The molecule has 2 N–H and O–H groups in total. The molecule has 0 aliphatic carbocycles. The molecule has 3 aliphatic heterocycles. The number of pyridine rings is 1. The molecule has 0 unspecified atom stereocenters. The normalized spacial score (nSPS) is 20.3. The van der Waals surface area contributed by atoms with E-state index in [2.05, 4.69) is 14.8 Å². The predicted octanol–water partition coefficient (Wildman–Crippen LogP) is 5.41. The average Bonchev–Trinajstić information content (AvgIpc) is 3.64. The van der Waals surface area contributed by atoms with Crippen molar-refractivity contribution >= 4 is 40.4 Å². The first-order valence-electron chi connectivity index (χ1n) is 18.1. The number of piperidine rings is 1. The van der Waals surface area contributed by atoms with Gasteiger partial charge in [-0.25, -0.2) is 19.2 Å². The molecule has 14 heteroatoms. The zero-order valence-electron chi connectivity index (χ0n) is 29.9. The number of rotatable bonds is 12. The summed E-state index contributed by atoms with van der Waals surface area (Å²) in [6.45, 7) is 7.67. The number of nitrogens with one attached hydrogen (secondary N) is 1. The van der Waals surface area contributed by atoms with E-state index in [1.54, 1.807) is 30.3 Å². The lowest BCUT2D eigenvalue weighted by atomic mass is 9.91. The number of carbonyl (C=O) groups is 3. The number of carboxylic acids is 1. The van der Waals surface area contributed by atoms with Crippen LogP contribution >= 0.6 is 11.6 Å². The number of likely N-dealkylation sites (tertiary alicyclic amines) is 2. The van der Waals surface area contributed by atoms with E-state index in [9.17, 15) is 23.9 Å². The molecule has 0 radical (unpaired) electrons. The number of carbonyl (C=O) groups excluding carboxylic acids is 2. The SMILES string of the molecule is CC1(C)C[C@@H](C(=O)O)N(C(=O)CNC(=O)c2ccc3c(c2)nc(CN2CCC(c4cccc(OCc5ccc(Cl)cc5F)n4)CC2)n3C[C@@H]2CCO2)C1. The molecule has 53 heavy (non-hydrogen) atoms. The molecule has 7 rings (SSSR count). The minimum atomic E-state index is -1.04. The second kappa shape index (κ2) is 15.4. The van der Waals surface area contributed by atoms with Gasteiger partial charge in [-0.1, -0.05) is 37.6 Å². The molecular formula is C39H44ClFN6O6. The summed E-state index contributed by atoms with van der Waals surface area (Å²) in [6, 6.07) is 14.7. The second-order valence-electron chi connectivity index (χ2n) is 15.0. The number of aromatic nitrogens is 3. The monoisotopic (exact) mass is 746 g/mol. The van der Waals surface area contributed by atoms with E-state index in [0.29, 0.717) is 53.6 Å². The van der Waals surface area contributed by atoms with Gasteiger partial charge >= 0.3 is 5.97 Å². The molecule has 4 aromatic rings. The number of ether oxygens (including phenoxy) is 2. The van der Waals surface area contributed by atoms with Gasteiger partial charge in [-0.2, -0.15) is 0 Å². The van der Waals surface area contributed by atoms with Gasteiger partial charge in [0.05, 0.1) is 36.8 Å². The van der Waals surface area contributed by atoms with Crippen LogP contribution in [-0.4, -0.2) is 92.2 Å². The van der Waals surface area contributed by atoms with Crippen LogP contribution in [0.5, 0.6) is 5.88 Å². The molecule has 5 heterocycles. The smallest absolute Gasteiger partial charge is 0.326 e. The van der Waals surface area contributed by atoms with Crippen LogP contribution in [0, 0.1) is 11.2 Å². The standard InChI is InChI=1S/C39H44ClFN6O6/c1-39(2)18-33(38(50)51)47(23-39)36(48)19-42-37(49)25-7-9-32-31(16-25)43-34(46(32)20-28-12-15-52-28)21-45-13-10-24(11-14-45)30-4-3-5-35(44-30)53-22-26-6-8-27(40)17-29(26)41/h3-9,16-17,24,28,33H,10-15,18-23H2,1-2H3,(H,42,49)(H,50,51)/t28-,33-/m0/s1. The van der Waals surface area contributed by atoms with E-state index in [-0.39, 0.29) is 30.6 Å². The lowest BCUT2D eigenvalue weighted by Gasteiger charge is -2.32. The van der Waals surface area contributed by atoms with Crippen molar-refractivity contribution in [1.82, 2.24) is 29.7 Å². The number of hydrogen-bond donors (Lipinski definition) is 2. The number of halogens is 2. The topological polar surface area (TPSA) is 139 Å². The highest BCUT2D eigenvalue weighted by molar-refractivity contribution is 6.30. The van der Waals surface area contributed by atoms with Crippen molar-refractivity contribution in [2.45, 2.75) is 77.3 Å². The third-order valence-corrected chi connectivity index (χ3v) is 10.7. The summed E-state index contributed by atoms with van der Waals surface area (Å²) in [5.41, 5.74) is 3.00. The molecule has 3 fully saturated rings. The first-order chi connectivity index (χ1) is 25.4. The summed E-state index contributed by atoms with van der Waals surface area (Å²) in [5.74, 6) is -0.701. The summed E-state index contributed by atoms with van der Waals surface area (Å²) in [7, 11) is 0. The van der Waals surface area contributed by atoms with Gasteiger partial charge in [-0.15, -0.1) is 0 Å². The molecule has 0 saturated carbocycles. The zero-order chi connectivity index (χ0) is 37.3. The van der Waals surface area contributed by atoms with Gasteiger partial charge in [0.1, 0.15) is 24.3 Å². The zero-order valence-corrected chi connectivity index (χ0v) is 30.6. The van der Waals surface area contributed by atoms with E-state index >= 15 is 0 Å². The van der Waals surface area contributed by atoms with Crippen LogP contribution in [0.25, 0.3) is 11.0 Å². The number of fused-ring (bicyclic) bond motifs is 1. The molecule has 12 nitrogen and oxygen atoms in total. The van der Waals surface area contributed by atoms with Crippen molar-refractivity contribution in [3.63, 3.8) is 0 Å². The molecule has 2 amide bonds. The first kappa shape index (κ1) is 36.8. The lowest BCUT2D eigenvalue weighted by molar-refractivity contribution is -0.147. The molecule has 2 aromatic carbocycles. The largest absolute Gasteiger partial charge is 0.480 e. The van der Waals surface area contributed by atoms with Gasteiger partial charge in [-0.3, -0.25) is 14.5 Å². The Hall–Kier alpha value is -4.59. The summed E-state index contributed by atoms with van der Waals surface area (Å²) in [4.78, 5) is 51.4. The minimum absolute atomic E-state index is 0.0585. The fraction of sp³-hybridized carbons (Fsp3) is 0.462. The number of nitrogens with zero attached hydrogens (tertiary/aromatic N) is 5. The van der Waals surface area contributed by atoms with Crippen LogP contribution < -0.4 is 10.1 Å². The van der Waals surface area contributed by atoms with Gasteiger partial charge in [0.2, 0.25) is 11.8 Å². The van der Waals surface area contributed by atoms with Crippen LogP contribution in [0.2, 0.25) is 5.02 Å². The Bertz CT molecular complexity index is 2010. The van der Waals surface area contributed by atoms with Crippen molar-refractivity contribution in [3.8, 4) is 5.88 Å². The van der Waals surface area contributed by atoms with Crippen LogP contribution in [0.15, 0.2) is 54.6 Å². The van der Waals surface area contributed by atoms with E-state index in [1.165, 1.54) is 11.0 Å². The van der Waals surface area contributed by atoms with Gasteiger partial charge in [-0.05, 0) is 80.6 Å². The Balaban J connectivity index is 0.984. The van der Waals surface area contributed by atoms with Crippen LogP contribution in [0.4, 0.5) is 4.39 Å². The Morgan fingerprint density at radius 2 is 1.87 bits per heavy atom. The summed E-state index contributed by atoms with van der Waals surface area (Å²) < 4.78 is 28.0. The number of carboxylic acid groups (broad SMARTS) is 1. The fourth-order valence-electron chi connectivity index (χ4n) is 7.50. The Morgan fingerprint density at radius 3 is 2.58 bits per heavy atom. The van der Waals surface area contributed by atoms with Gasteiger partial charge in [0, 0.05) is 47.0 Å². The molecule has 2 atom stereocenters. The number of imidazole rings is 1. The van der Waals surface area contributed by atoms with Crippen molar-refractivity contribution in [2.75, 3.05) is 32.8 Å². The maximum Gasteiger partial charge on any atom is 0.326 e. The third kappa shape index (κ3) is 8.47. The third-order valence-electron chi connectivity index (χ3n) is 10.5. The van der Waals surface area contributed by atoms with Crippen LogP contribution in [-0.2, 0) is 34.0 Å². The van der Waals surface area contributed by atoms with Crippen molar-refractivity contribution in [3.05, 3.63) is 88.1 Å². The minimum Gasteiger partial charge on any atom is -0.480 e. The molecule has 3 aliphatic rings. The molecule has 280 valence electrons. The highest BCUT2D eigenvalue weighted by Crippen LogP contribution is 2.34. The summed E-state index contributed by atoms with van der Waals surface area (Å²) in [5, 5.41) is 12.7. The maximum atomic E-state index is 14.2. The van der Waals surface area contributed by atoms with Crippen LogP contribution in [0.3, 0.4) is 0 Å². The van der Waals surface area contributed by atoms with Gasteiger partial charge in [0.15, 0.2) is 0 Å². The maximum absolute atomic E-state index is 14.2. The highest BCUT2D eigenvalue weighted by Gasteiger charge is 2.43. The Kier molecular flexibility index (Phi) is 10.7. The lowest BCUT2D eigenvalue weighted by Crippen LogP contribution is -2.45. The number of amides is 2. The molecular weight excluding hydrogens is 703 g/mol. The Labute approximate surface area is 312 Å². The molecule has 0 bridgehead atoms. The first-order valence-corrected chi connectivity index (χ1v) is 18.5. The average molecular weight is 747 g/mol. The molecule has 0 spiro atoms. The number of aliphatic carboxylic acids is 1. The van der Waals surface area contributed by atoms with Crippen molar-refractivity contribution < 1.29 is 33.4 Å². The van der Waals surface area contributed by atoms with Gasteiger partial charge in [0.25, 0.3) is 5.91 Å². The van der Waals surface area contributed by atoms with E-state index in [1.807, 2.05) is 32.0 Å². The molecule has 2 aromatic heterocycles. The number of hydrogen-bond acceptors (Lipinski definition) is 8. The summed E-state index contributed by atoms with van der Waals surface area (Å²) >= 11 is 5.87. The number of benzene rings is 2. The van der Waals surface area contributed by atoms with Gasteiger partial charge < -0.3 is 29.4 Å². The summed E-state index contributed by atoms with van der Waals surface area (Å²) in [6.07, 6.45) is 3.25. The Morgan fingerprint density at radius 1 is 1.08 bits per heavy atom. The molecule has 3 saturated heterocycles. The van der Waals surface area contributed by atoms with Crippen molar-refractivity contribution in [1.29, 1.82) is 0 Å². The van der Waals surface area contributed by atoms with E-state index < -0.39 is 29.6 Å². The van der Waals surface area contributed by atoms with E-state index in [0.717, 1.165) is 56.0 Å². The fourth-order valence-corrected chi connectivity index (χ4v) is 7.66. The van der Waals surface area contributed by atoms with E-state index in [4.69, 9.17) is 31.0 Å². The highest BCUT2D eigenvalue weighted by atomic mass is 35.5. The van der Waals surface area contributed by atoms with Crippen LogP contribution in [0.1, 0.15) is 72.9 Å². The second-order valence-corrected chi connectivity index (χ2v) is 15.5.